The van der Waals surface area contributed by atoms with Gasteiger partial charge in [0.2, 0.25) is 11.0 Å². The molecule has 0 fully saturated rings. The molecule has 0 atom stereocenters. The van der Waals surface area contributed by atoms with Gasteiger partial charge in [0.25, 0.3) is 0 Å². The SMILES string of the molecule is CCc1nnc(NC(=O)CCSC)s1. The molecule has 4 nitrogen and oxygen atoms in total. The third-order valence-corrected chi connectivity index (χ3v) is 3.14. The second-order valence-electron chi connectivity index (χ2n) is 2.65. The number of anilines is 1. The molecular weight excluding hydrogens is 218 g/mol. The summed E-state index contributed by atoms with van der Waals surface area (Å²) in [6.45, 7) is 2.01. The van der Waals surface area contributed by atoms with Crippen LogP contribution in [0.5, 0.6) is 0 Å². The van der Waals surface area contributed by atoms with E-state index >= 15 is 0 Å². The van der Waals surface area contributed by atoms with Crippen LogP contribution in [0, 0.1) is 0 Å². The molecule has 1 aromatic rings. The van der Waals surface area contributed by atoms with Crippen molar-refractivity contribution >= 4 is 34.1 Å². The lowest BCUT2D eigenvalue weighted by Crippen LogP contribution is -2.11. The Morgan fingerprint density at radius 2 is 2.36 bits per heavy atom. The fourth-order valence-electron chi connectivity index (χ4n) is 0.824. The maximum Gasteiger partial charge on any atom is 0.227 e. The van der Waals surface area contributed by atoms with Crippen LogP contribution < -0.4 is 5.32 Å². The second kappa shape index (κ2) is 5.98. The summed E-state index contributed by atoms with van der Waals surface area (Å²) >= 11 is 3.09. The third-order valence-electron chi connectivity index (χ3n) is 1.55. The first-order chi connectivity index (χ1) is 6.76. The lowest BCUT2D eigenvalue weighted by Gasteiger charge is -1.98. The van der Waals surface area contributed by atoms with Crippen LogP contribution in [0.15, 0.2) is 0 Å². The highest BCUT2D eigenvalue weighted by molar-refractivity contribution is 7.98. The van der Waals surface area contributed by atoms with E-state index in [0.29, 0.717) is 11.6 Å². The fourth-order valence-corrected chi connectivity index (χ4v) is 1.91. The normalized spacial score (nSPS) is 10.1. The summed E-state index contributed by atoms with van der Waals surface area (Å²) in [5.41, 5.74) is 0. The minimum Gasteiger partial charge on any atom is -0.301 e. The minimum atomic E-state index is 0.0122. The second-order valence-corrected chi connectivity index (χ2v) is 4.69. The maximum atomic E-state index is 11.3. The zero-order chi connectivity index (χ0) is 10.4. The fraction of sp³-hybridized carbons (Fsp3) is 0.625. The van der Waals surface area contributed by atoms with Gasteiger partial charge in [-0.3, -0.25) is 4.79 Å². The van der Waals surface area contributed by atoms with Gasteiger partial charge < -0.3 is 5.32 Å². The van der Waals surface area contributed by atoms with Gasteiger partial charge in [0.1, 0.15) is 5.01 Å². The van der Waals surface area contributed by atoms with E-state index in [9.17, 15) is 4.79 Å². The number of amides is 1. The third kappa shape index (κ3) is 3.63. The van der Waals surface area contributed by atoms with Crippen molar-refractivity contribution < 1.29 is 4.79 Å². The van der Waals surface area contributed by atoms with Crippen LogP contribution in [0.2, 0.25) is 0 Å². The average Bonchev–Trinajstić information content (AvgIpc) is 2.62. The Kier molecular flexibility index (Phi) is 4.89. The number of hydrogen-bond acceptors (Lipinski definition) is 5. The predicted octanol–water partition coefficient (Wildman–Crippen LogP) is 1.79. The smallest absolute Gasteiger partial charge is 0.227 e. The molecule has 0 spiro atoms. The van der Waals surface area contributed by atoms with Gasteiger partial charge in [-0.1, -0.05) is 18.3 Å². The van der Waals surface area contributed by atoms with Gasteiger partial charge in [-0.05, 0) is 12.7 Å². The van der Waals surface area contributed by atoms with Crippen molar-refractivity contribution in [2.45, 2.75) is 19.8 Å². The Bertz CT molecular complexity index is 301. The van der Waals surface area contributed by atoms with E-state index in [1.165, 1.54) is 11.3 Å². The van der Waals surface area contributed by atoms with E-state index in [2.05, 4.69) is 15.5 Å². The Morgan fingerprint density at radius 1 is 1.57 bits per heavy atom. The Balaban J connectivity index is 2.39. The van der Waals surface area contributed by atoms with Crippen LogP contribution >= 0.6 is 23.1 Å². The Hall–Kier alpha value is -0.620. The number of nitrogens with one attached hydrogen (secondary N) is 1. The molecular formula is C8H13N3OS2. The molecule has 1 amide bonds. The molecule has 0 aliphatic carbocycles. The van der Waals surface area contributed by atoms with Crippen LogP contribution in [0.1, 0.15) is 18.4 Å². The van der Waals surface area contributed by atoms with Crippen LogP contribution in [0.4, 0.5) is 5.13 Å². The molecule has 0 radical (unpaired) electrons. The van der Waals surface area contributed by atoms with Gasteiger partial charge in [0.15, 0.2) is 0 Å². The van der Waals surface area contributed by atoms with Gasteiger partial charge >= 0.3 is 0 Å². The number of rotatable bonds is 5. The van der Waals surface area contributed by atoms with Crippen molar-refractivity contribution in [1.29, 1.82) is 0 Å². The predicted molar refractivity (Wildman–Crippen MR) is 60.9 cm³/mol. The number of carbonyl (C=O) groups is 1. The molecule has 0 unspecified atom stereocenters. The van der Waals surface area contributed by atoms with Crippen LogP contribution in [-0.4, -0.2) is 28.1 Å². The monoisotopic (exact) mass is 231 g/mol. The molecule has 0 aliphatic rings. The van der Waals surface area contributed by atoms with Crippen LogP contribution in [0.25, 0.3) is 0 Å². The summed E-state index contributed by atoms with van der Waals surface area (Å²) in [5.74, 6) is 0.851. The summed E-state index contributed by atoms with van der Waals surface area (Å²) in [6.07, 6.45) is 3.37. The number of hydrogen-bond donors (Lipinski definition) is 1. The van der Waals surface area contributed by atoms with Crippen LogP contribution in [0.3, 0.4) is 0 Å². The summed E-state index contributed by atoms with van der Waals surface area (Å²) in [6, 6.07) is 0. The highest BCUT2D eigenvalue weighted by Gasteiger charge is 2.06. The molecule has 78 valence electrons. The standard InChI is InChI=1S/C8H13N3OS2/c1-3-7-10-11-8(14-7)9-6(12)4-5-13-2/h3-5H2,1-2H3,(H,9,11,12). The number of thioether (sulfide) groups is 1. The minimum absolute atomic E-state index is 0.0122. The van der Waals surface area contributed by atoms with Crippen molar-refractivity contribution in [2.75, 3.05) is 17.3 Å². The first-order valence-corrected chi connectivity index (χ1v) is 6.58. The van der Waals surface area contributed by atoms with Gasteiger partial charge in [-0.25, -0.2) is 0 Å². The van der Waals surface area contributed by atoms with E-state index < -0.39 is 0 Å². The van der Waals surface area contributed by atoms with Crippen molar-refractivity contribution in [3.05, 3.63) is 5.01 Å². The number of carbonyl (C=O) groups excluding carboxylic acids is 1. The lowest BCUT2D eigenvalue weighted by atomic mass is 10.5. The molecule has 6 heteroatoms. The zero-order valence-electron chi connectivity index (χ0n) is 8.24. The topological polar surface area (TPSA) is 54.9 Å². The van der Waals surface area contributed by atoms with Gasteiger partial charge in [-0.2, -0.15) is 11.8 Å². The lowest BCUT2D eigenvalue weighted by molar-refractivity contribution is -0.115. The van der Waals surface area contributed by atoms with Gasteiger partial charge in [-0.15, -0.1) is 10.2 Å². The van der Waals surface area contributed by atoms with Crippen molar-refractivity contribution in [2.24, 2.45) is 0 Å². The van der Waals surface area contributed by atoms with E-state index in [4.69, 9.17) is 0 Å². The number of aromatic nitrogens is 2. The molecule has 0 saturated heterocycles. The Morgan fingerprint density at radius 3 is 2.93 bits per heavy atom. The molecule has 0 bridgehead atoms. The zero-order valence-corrected chi connectivity index (χ0v) is 9.87. The van der Waals surface area contributed by atoms with Crippen molar-refractivity contribution in [3.63, 3.8) is 0 Å². The van der Waals surface area contributed by atoms with Crippen molar-refractivity contribution in [1.82, 2.24) is 10.2 Å². The van der Waals surface area contributed by atoms with E-state index in [-0.39, 0.29) is 5.91 Å². The van der Waals surface area contributed by atoms with Gasteiger partial charge in [0.05, 0.1) is 0 Å². The summed E-state index contributed by atoms with van der Waals surface area (Å²) in [4.78, 5) is 11.3. The van der Waals surface area contributed by atoms with Crippen LogP contribution in [-0.2, 0) is 11.2 Å². The maximum absolute atomic E-state index is 11.3. The largest absolute Gasteiger partial charge is 0.301 e. The highest BCUT2D eigenvalue weighted by Crippen LogP contribution is 2.15. The summed E-state index contributed by atoms with van der Waals surface area (Å²) in [5, 5.41) is 12.1. The first-order valence-electron chi connectivity index (χ1n) is 4.37. The van der Waals surface area contributed by atoms with E-state index in [0.717, 1.165) is 17.2 Å². The van der Waals surface area contributed by atoms with Gasteiger partial charge in [0, 0.05) is 12.2 Å². The molecule has 0 saturated carbocycles. The molecule has 0 aliphatic heterocycles. The molecule has 14 heavy (non-hydrogen) atoms. The highest BCUT2D eigenvalue weighted by atomic mass is 32.2. The van der Waals surface area contributed by atoms with Crippen molar-refractivity contribution in [3.8, 4) is 0 Å². The summed E-state index contributed by atoms with van der Waals surface area (Å²) < 4.78 is 0. The molecule has 1 heterocycles. The number of aryl methyl sites for hydroxylation is 1. The molecule has 1 N–H and O–H groups in total. The number of nitrogens with zero attached hydrogens (tertiary/aromatic N) is 2. The average molecular weight is 231 g/mol. The molecule has 1 aromatic heterocycles. The Labute approximate surface area is 91.5 Å². The first kappa shape index (κ1) is 11.5. The molecule has 0 aromatic carbocycles. The quantitative estimate of drug-likeness (QED) is 0.839. The van der Waals surface area contributed by atoms with E-state index in [1.807, 2.05) is 13.2 Å². The molecule has 1 rings (SSSR count). The summed E-state index contributed by atoms with van der Waals surface area (Å²) in [7, 11) is 0. The van der Waals surface area contributed by atoms with E-state index in [1.54, 1.807) is 11.8 Å².